The summed E-state index contributed by atoms with van der Waals surface area (Å²) in [6.07, 6.45) is 0.808. The topological polar surface area (TPSA) is 67.9 Å². The van der Waals surface area contributed by atoms with E-state index in [1.165, 1.54) is 4.90 Å². The third-order valence-electron chi connectivity index (χ3n) is 3.46. The van der Waals surface area contributed by atoms with Crippen molar-refractivity contribution in [2.45, 2.75) is 45.3 Å². The van der Waals surface area contributed by atoms with E-state index in [9.17, 15) is 9.59 Å². The van der Waals surface area contributed by atoms with E-state index in [1.807, 2.05) is 32.9 Å². The van der Waals surface area contributed by atoms with Gasteiger partial charge in [-0.05, 0) is 56.9 Å². The minimum absolute atomic E-state index is 0.127. The first-order valence-electron chi connectivity index (χ1n) is 7.67. The zero-order valence-electron chi connectivity index (χ0n) is 14.3. The maximum absolute atomic E-state index is 12.0. The zero-order chi connectivity index (χ0) is 17.2. The van der Waals surface area contributed by atoms with E-state index >= 15 is 0 Å². The van der Waals surface area contributed by atoms with Gasteiger partial charge in [0, 0.05) is 14.1 Å². The van der Waals surface area contributed by atoms with E-state index in [1.54, 1.807) is 20.2 Å². The second-order valence-corrected chi connectivity index (χ2v) is 6.86. The minimum atomic E-state index is -0.533. The number of hydrogen-bond donors (Lipinski definition) is 1. The molecule has 0 aromatic heterocycles. The molecule has 1 aromatic rings. The lowest BCUT2D eigenvalue weighted by atomic mass is 10.1. The Hall–Kier alpha value is -2.24. The van der Waals surface area contributed by atoms with Crippen molar-refractivity contribution in [3.05, 3.63) is 29.3 Å². The minimum Gasteiger partial charge on any atom is -0.444 e. The highest BCUT2D eigenvalue weighted by Gasteiger charge is 2.27. The fourth-order valence-electron chi connectivity index (χ4n) is 2.44. The van der Waals surface area contributed by atoms with Crippen molar-refractivity contribution in [1.29, 1.82) is 0 Å². The van der Waals surface area contributed by atoms with Crippen LogP contribution in [0, 0.1) is 0 Å². The quantitative estimate of drug-likeness (QED) is 0.908. The third kappa shape index (κ3) is 4.61. The van der Waals surface area contributed by atoms with Gasteiger partial charge in [0.05, 0.1) is 6.04 Å². The molecule has 6 nitrogen and oxygen atoms in total. The maximum Gasteiger partial charge on any atom is 0.414 e. The van der Waals surface area contributed by atoms with Gasteiger partial charge in [-0.2, -0.15) is 0 Å². The van der Waals surface area contributed by atoms with Crippen LogP contribution in [0.25, 0.3) is 0 Å². The molecular weight excluding hydrogens is 296 g/mol. The second-order valence-electron chi connectivity index (χ2n) is 6.86. The summed E-state index contributed by atoms with van der Waals surface area (Å²) in [5, 5.41) is 2.88. The van der Waals surface area contributed by atoms with Gasteiger partial charge in [0.25, 0.3) is 0 Å². The summed E-state index contributed by atoms with van der Waals surface area (Å²) >= 11 is 0. The smallest absolute Gasteiger partial charge is 0.414 e. The Morgan fingerprint density at radius 1 is 1.26 bits per heavy atom. The van der Waals surface area contributed by atoms with Gasteiger partial charge in [0.1, 0.15) is 11.4 Å². The number of amides is 2. The average Bonchev–Trinajstić information content (AvgIpc) is 2.79. The van der Waals surface area contributed by atoms with Crippen LogP contribution in [0.3, 0.4) is 0 Å². The lowest BCUT2D eigenvalue weighted by Crippen LogP contribution is -2.34. The van der Waals surface area contributed by atoms with Gasteiger partial charge in [0.2, 0.25) is 0 Å². The van der Waals surface area contributed by atoms with Crippen LogP contribution >= 0.6 is 0 Å². The molecule has 0 unspecified atom stereocenters. The number of nitrogens with zero attached hydrogens (tertiary/aromatic N) is 1. The molecule has 1 N–H and O–H groups in total. The SMILES string of the molecule is CN(C)C(=O)Oc1ccc2c(c1)[C@@H](NC(=O)OC(C)(C)C)CC2. The monoisotopic (exact) mass is 320 g/mol. The molecule has 23 heavy (non-hydrogen) atoms. The lowest BCUT2D eigenvalue weighted by molar-refractivity contribution is 0.0503. The summed E-state index contributed by atoms with van der Waals surface area (Å²) in [5.74, 6) is 0.473. The van der Waals surface area contributed by atoms with Crippen LogP contribution in [0.2, 0.25) is 0 Å². The van der Waals surface area contributed by atoms with Crippen LogP contribution in [0.4, 0.5) is 9.59 Å². The Bertz CT molecular complexity index is 605. The summed E-state index contributed by atoms with van der Waals surface area (Å²) in [6.45, 7) is 5.48. The van der Waals surface area contributed by atoms with E-state index in [0.29, 0.717) is 5.75 Å². The van der Waals surface area contributed by atoms with Gasteiger partial charge in [0.15, 0.2) is 0 Å². The van der Waals surface area contributed by atoms with Crippen LogP contribution in [-0.4, -0.2) is 36.8 Å². The molecule has 0 heterocycles. The summed E-state index contributed by atoms with van der Waals surface area (Å²) in [6, 6.07) is 5.39. The normalized spacial score (nSPS) is 16.5. The number of fused-ring (bicyclic) bond motifs is 1. The molecule has 126 valence electrons. The Morgan fingerprint density at radius 3 is 2.57 bits per heavy atom. The molecule has 1 aromatic carbocycles. The largest absolute Gasteiger partial charge is 0.444 e. The van der Waals surface area contributed by atoms with Crippen molar-refractivity contribution in [3.63, 3.8) is 0 Å². The van der Waals surface area contributed by atoms with Crippen molar-refractivity contribution in [2.75, 3.05) is 14.1 Å². The van der Waals surface area contributed by atoms with Crippen LogP contribution in [0.1, 0.15) is 44.4 Å². The highest BCUT2D eigenvalue weighted by molar-refractivity contribution is 5.71. The number of hydrogen-bond acceptors (Lipinski definition) is 4. The van der Waals surface area contributed by atoms with Gasteiger partial charge in [-0.15, -0.1) is 0 Å². The number of alkyl carbamates (subject to hydrolysis) is 1. The van der Waals surface area contributed by atoms with Gasteiger partial charge in [-0.1, -0.05) is 6.07 Å². The summed E-state index contributed by atoms with van der Waals surface area (Å²) < 4.78 is 10.6. The standard InChI is InChI=1S/C17H24N2O4/c1-17(2,3)23-15(20)18-14-9-7-11-6-8-12(10-13(11)14)22-16(21)19(4)5/h6,8,10,14H,7,9H2,1-5H3,(H,18,20)/t14-/m0/s1. The van der Waals surface area contributed by atoms with Crippen LogP contribution < -0.4 is 10.1 Å². The molecule has 0 spiro atoms. The van der Waals surface area contributed by atoms with Gasteiger partial charge in [-0.3, -0.25) is 0 Å². The second kappa shape index (κ2) is 6.48. The molecule has 1 aliphatic carbocycles. The van der Waals surface area contributed by atoms with Crippen molar-refractivity contribution in [3.8, 4) is 5.75 Å². The number of carbonyl (C=O) groups is 2. The molecule has 0 saturated carbocycles. The fourth-order valence-corrected chi connectivity index (χ4v) is 2.44. The molecule has 0 aliphatic heterocycles. The number of benzene rings is 1. The van der Waals surface area contributed by atoms with Crippen molar-refractivity contribution in [1.82, 2.24) is 10.2 Å². The Balaban J connectivity index is 2.09. The summed E-state index contributed by atoms with van der Waals surface area (Å²) in [4.78, 5) is 25.0. The van der Waals surface area contributed by atoms with E-state index < -0.39 is 17.8 Å². The highest BCUT2D eigenvalue weighted by Crippen LogP contribution is 2.34. The lowest BCUT2D eigenvalue weighted by Gasteiger charge is -2.22. The molecule has 0 bridgehead atoms. The number of nitrogens with one attached hydrogen (secondary N) is 1. The van der Waals surface area contributed by atoms with Crippen molar-refractivity contribution < 1.29 is 19.1 Å². The Labute approximate surface area is 136 Å². The van der Waals surface area contributed by atoms with Crippen molar-refractivity contribution in [2.24, 2.45) is 0 Å². The van der Waals surface area contributed by atoms with Gasteiger partial charge < -0.3 is 19.7 Å². The Kier molecular flexibility index (Phi) is 4.82. The molecular formula is C17H24N2O4. The molecule has 6 heteroatoms. The van der Waals surface area contributed by atoms with Crippen LogP contribution in [-0.2, 0) is 11.2 Å². The molecule has 2 rings (SSSR count). The first kappa shape index (κ1) is 17.1. The first-order valence-corrected chi connectivity index (χ1v) is 7.67. The van der Waals surface area contributed by atoms with E-state index in [4.69, 9.17) is 9.47 Å². The number of rotatable bonds is 2. The predicted molar refractivity (Wildman–Crippen MR) is 86.6 cm³/mol. The first-order chi connectivity index (χ1) is 10.7. The molecule has 1 aliphatic rings. The molecule has 0 fully saturated rings. The average molecular weight is 320 g/mol. The summed E-state index contributed by atoms with van der Waals surface area (Å²) in [7, 11) is 3.26. The number of carbonyl (C=O) groups excluding carboxylic acids is 2. The maximum atomic E-state index is 12.0. The fraction of sp³-hybridized carbons (Fsp3) is 0.529. The third-order valence-corrected chi connectivity index (χ3v) is 3.46. The molecule has 0 saturated heterocycles. The predicted octanol–water partition coefficient (Wildman–Crippen LogP) is 3.26. The number of ether oxygens (including phenoxy) is 2. The van der Waals surface area contributed by atoms with Crippen molar-refractivity contribution >= 4 is 12.2 Å². The molecule has 2 amide bonds. The summed E-state index contributed by atoms with van der Waals surface area (Å²) in [5.41, 5.74) is 1.59. The van der Waals surface area contributed by atoms with Gasteiger partial charge >= 0.3 is 12.2 Å². The van der Waals surface area contributed by atoms with E-state index in [-0.39, 0.29) is 6.04 Å². The van der Waals surface area contributed by atoms with Crippen LogP contribution in [0.15, 0.2) is 18.2 Å². The Morgan fingerprint density at radius 2 is 1.96 bits per heavy atom. The van der Waals surface area contributed by atoms with E-state index in [0.717, 1.165) is 24.0 Å². The molecule has 1 atom stereocenters. The van der Waals surface area contributed by atoms with Gasteiger partial charge in [-0.25, -0.2) is 9.59 Å². The number of aryl methyl sites for hydroxylation is 1. The highest BCUT2D eigenvalue weighted by atomic mass is 16.6. The zero-order valence-corrected chi connectivity index (χ0v) is 14.3. The van der Waals surface area contributed by atoms with Crippen LogP contribution in [0.5, 0.6) is 5.75 Å². The molecule has 0 radical (unpaired) electrons. The van der Waals surface area contributed by atoms with E-state index in [2.05, 4.69) is 5.32 Å².